The highest BCUT2D eigenvalue weighted by atomic mass is 32.2. The second kappa shape index (κ2) is 5.67. The summed E-state index contributed by atoms with van der Waals surface area (Å²) >= 11 is 1.52. The molecular weight excluding hydrogens is 270 g/mol. The molecule has 1 N–H and O–H groups in total. The Kier molecular flexibility index (Phi) is 4.14. The van der Waals surface area contributed by atoms with Crippen LogP contribution in [0, 0.1) is 0 Å². The van der Waals surface area contributed by atoms with Gasteiger partial charge in [0.1, 0.15) is 5.03 Å². The van der Waals surface area contributed by atoms with E-state index in [9.17, 15) is 4.79 Å². The van der Waals surface area contributed by atoms with E-state index in [1.165, 1.54) is 17.3 Å². The molecule has 2 aromatic rings. The SMILES string of the molecule is CC(C)(C)c1ccc(Sc2ccc(C(=O)O)cc2)nc1. The molecule has 0 unspecified atom stereocenters. The van der Waals surface area contributed by atoms with Crippen molar-refractivity contribution in [2.45, 2.75) is 36.1 Å². The molecule has 1 aromatic carbocycles. The highest BCUT2D eigenvalue weighted by Gasteiger charge is 2.13. The quantitative estimate of drug-likeness (QED) is 0.918. The summed E-state index contributed by atoms with van der Waals surface area (Å²) < 4.78 is 0. The predicted octanol–water partition coefficient (Wildman–Crippen LogP) is 4.23. The summed E-state index contributed by atoms with van der Waals surface area (Å²) in [5, 5.41) is 9.76. The lowest BCUT2D eigenvalue weighted by atomic mass is 9.88. The third-order valence-corrected chi connectivity index (χ3v) is 3.88. The minimum absolute atomic E-state index is 0.0966. The fourth-order valence-corrected chi connectivity index (χ4v) is 2.43. The fraction of sp³-hybridized carbons (Fsp3) is 0.250. The van der Waals surface area contributed by atoms with Crippen molar-refractivity contribution < 1.29 is 9.90 Å². The van der Waals surface area contributed by atoms with Crippen LogP contribution in [0.1, 0.15) is 36.7 Å². The number of aromatic carboxylic acids is 1. The van der Waals surface area contributed by atoms with Crippen molar-refractivity contribution in [3.63, 3.8) is 0 Å². The van der Waals surface area contributed by atoms with Crippen LogP contribution >= 0.6 is 11.8 Å². The summed E-state index contributed by atoms with van der Waals surface area (Å²) in [6, 6.07) is 10.9. The highest BCUT2D eigenvalue weighted by molar-refractivity contribution is 7.99. The number of nitrogens with zero attached hydrogens (tertiary/aromatic N) is 1. The molecule has 0 saturated heterocycles. The van der Waals surface area contributed by atoms with E-state index in [2.05, 4.69) is 31.8 Å². The van der Waals surface area contributed by atoms with E-state index < -0.39 is 5.97 Å². The van der Waals surface area contributed by atoms with Crippen LogP contribution in [0.2, 0.25) is 0 Å². The molecule has 0 radical (unpaired) electrons. The van der Waals surface area contributed by atoms with Crippen LogP contribution in [-0.4, -0.2) is 16.1 Å². The lowest BCUT2D eigenvalue weighted by Gasteiger charge is -2.18. The zero-order valence-corrected chi connectivity index (χ0v) is 12.6. The van der Waals surface area contributed by atoms with Crippen LogP contribution in [0.4, 0.5) is 0 Å². The van der Waals surface area contributed by atoms with Crippen LogP contribution in [0.3, 0.4) is 0 Å². The number of hydrogen-bond donors (Lipinski definition) is 1. The molecule has 3 nitrogen and oxygen atoms in total. The van der Waals surface area contributed by atoms with E-state index in [1.54, 1.807) is 24.3 Å². The van der Waals surface area contributed by atoms with Gasteiger partial charge in [-0.3, -0.25) is 0 Å². The Balaban J connectivity index is 2.12. The maximum Gasteiger partial charge on any atom is 0.335 e. The van der Waals surface area contributed by atoms with Crippen molar-refractivity contribution in [2.75, 3.05) is 0 Å². The maximum atomic E-state index is 10.8. The van der Waals surface area contributed by atoms with E-state index in [4.69, 9.17) is 5.11 Å². The Morgan fingerprint density at radius 2 is 1.75 bits per heavy atom. The zero-order chi connectivity index (χ0) is 14.8. The lowest BCUT2D eigenvalue weighted by molar-refractivity contribution is 0.0697. The van der Waals surface area contributed by atoms with Crippen LogP contribution in [-0.2, 0) is 5.41 Å². The van der Waals surface area contributed by atoms with Crippen molar-refractivity contribution in [3.05, 3.63) is 53.7 Å². The Bertz CT molecular complexity index is 598. The van der Waals surface area contributed by atoms with Gasteiger partial charge in [-0.2, -0.15) is 0 Å². The molecule has 0 aliphatic heterocycles. The molecule has 2 rings (SSSR count). The average molecular weight is 287 g/mol. The van der Waals surface area contributed by atoms with Crippen molar-refractivity contribution in [3.8, 4) is 0 Å². The summed E-state index contributed by atoms with van der Waals surface area (Å²) in [5.74, 6) is -0.908. The number of benzene rings is 1. The summed E-state index contributed by atoms with van der Waals surface area (Å²) in [6.07, 6.45) is 1.90. The van der Waals surface area contributed by atoms with Gasteiger partial charge >= 0.3 is 5.97 Å². The van der Waals surface area contributed by atoms with E-state index in [-0.39, 0.29) is 5.41 Å². The van der Waals surface area contributed by atoms with Gasteiger partial charge in [0, 0.05) is 11.1 Å². The van der Waals surface area contributed by atoms with Gasteiger partial charge < -0.3 is 5.11 Å². The van der Waals surface area contributed by atoms with Crippen molar-refractivity contribution in [2.24, 2.45) is 0 Å². The molecule has 1 heterocycles. The van der Waals surface area contributed by atoms with E-state index in [0.717, 1.165) is 9.92 Å². The van der Waals surface area contributed by atoms with E-state index in [1.807, 2.05) is 12.3 Å². The Morgan fingerprint density at radius 1 is 1.10 bits per heavy atom. The largest absolute Gasteiger partial charge is 0.478 e. The van der Waals surface area contributed by atoms with Gasteiger partial charge in [0.25, 0.3) is 0 Å². The minimum atomic E-state index is -0.908. The molecule has 1 aromatic heterocycles. The summed E-state index contributed by atoms with van der Waals surface area (Å²) in [4.78, 5) is 16.2. The lowest BCUT2D eigenvalue weighted by Crippen LogP contribution is -2.11. The van der Waals surface area contributed by atoms with E-state index >= 15 is 0 Å². The molecule has 20 heavy (non-hydrogen) atoms. The third-order valence-electron chi connectivity index (χ3n) is 2.93. The topological polar surface area (TPSA) is 50.2 Å². The standard InChI is InChI=1S/C16H17NO2S/c1-16(2,3)12-6-9-14(17-10-12)20-13-7-4-11(5-8-13)15(18)19/h4-10H,1-3H3,(H,18,19). The van der Waals surface area contributed by atoms with Gasteiger partial charge in [-0.15, -0.1) is 0 Å². The minimum Gasteiger partial charge on any atom is -0.478 e. The molecular formula is C16H17NO2S. The molecule has 0 aliphatic carbocycles. The van der Waals surface area contributed by atoms with Gasteiger partial charge in [0.05, 0.1) is 5.56 Å². The number of carbonyl (C=O) groups is 1. The Hall–Kier alpha value is -1.81. The Labute approximate surface area is 123 Å². The zero-order valence-electron chi connectivity index (χ0n) is 11.8. The molecule has 4 heteroatoms. The van der Waals surface area contributed by atoms with Crippen molar-refractivity contribution in [1.82, 2.24) is 4.98 Å². The fourth-order valence-electron chi connectivity index (χ4n) is 1.67. The molecule has 104 valence electrons. The molecule has 0 spiro atoms. The Morgan fingerprint density at radius 3 is 2.20 bits per heavy atom. The molecule has 0 saturated carbocycles. The van der Waals surface area contributed by atoms with E-state index in [0.29, 0.717) is 5.56 Å². The molecule has 0 atom stereocenters. The summed E-state index contributed by atoms with van der Waals surface area (Å²) in [6.45, 7) is 6.46. The van der Waals surface area contributed by atoms with Crippen LogP contribution in [0.15, 0.2) is 52.5 Å². The smallest absolute Gasteiger partial charge is 0.335 e. The summed E-state index contributed by atoms with van der Waals surface area (Å²) in [7, 11) is 0. The van der Waals surface area contributed by atoms with Gasteiger partial charge in [-0.1, -0.05) is 38.6 Å². The first kappa shape index (κ1) is 14.6. The molecule has 0 bridgehead atoms. The van der Waals surface area contributed by atoms with Crippen LogP contribution in [0.25, 0.3) is 0 Å². The number of carboxylic acid groups (broad SMARTS) is 1. The first-order chi connectivity index (χ1) is 9.36. The van der Waals surface area contributed by atoms with Crippen molar-refractivity contribution >= 4 is 17.7 Å². The molecule has 0 fully saturated rings. The van der Waals surface area contributed by atoms with Crippen molar-refractivity contribution in [1.29, 1.82) is 0 Å². The maximum absolute atomic E-state index is 10.8. The monoisotopic (exact) mass is 287 g/mol. The highest BCUT2D eigenvalue weighted by Crippen LogP contribution is 2.28. The number of pyridine rings is 1. The second-order valence-electron chi connectivity index (χ2n) is 5.57. The number of aromatic nitrogens is 1. The predicted molar refractivity (Wildman–Crippen MR) is 80.5 cm³/mol. The van der Waals surface area contributed by atoms with Gasteiger partial charge in [0.2, 0.25) is 0 Å². The van der Waals surface area contributed by atoms with Crippen LogP contribution in [0.5, 0.6) is 0 Å². The molecule has 0 aliphatic rings. The second-order valence-corrected chi connectivity index (χ2v) is 6.66. The first-order valence-electron chi connectivity index (χ1n) is 6.34. The average Bonchev–Trinajstić information content (AvgIpc) is 2.39. The number of hydrogen-bond acceptors (Lipinski definition) is 3. The number of carboxylic acids is 1. The summed E-state index contributed by atoms with van der Waals surface area (Å²) in [5.41, 5.74) is 1.59. The third kappa shape index (κ3) is 3.61. The van der Waals surface area contributed by atoms with Gasteiger partial charge in [-0.25, -0.2) is 9.78 Å². The first-order valence-corrected chi connectivity index (χ1v) is 7.16. The normalized spacial score (nSPS) is 11.3. The van der Waals surface area contributed by atoms with Gasteiger partial charge in [0.15, 0.2) is 0 Å². The van der Waals surface area contributed by atoms with Crippen LogP contribution < -0.4 is 0 Å². The molecule has 0 amide bonds. The number of rotatable bonds is 3. The van der Waals surface area contributed by atoms with Gasteiger partial charge in [-0.05, 0) is 41.3 Å².